The first-order valence-corrected chi connectivity index (χ1v) is 8.89. The summed E-state index contributed by atoms with van der Waals surface area (Å²) in [6.07, 6.45) is 0.742. The molecule has 0 fully saturated rings. The monoisotopic (exact) mass is 369 g/mol. The largest absolute Gasteiger partial charge is 0.352 e. The Morgan fingerprint density at radius 2 is 1.50 bits per heavy atom. The molecule has 5 nitrogen and oxygen atoms in total. The molecule has 0 spiro atoms. The number of rotatable bonds is 6. The van der Waals surface area contributed by atoms with Crippen LogP contribution in [0.3, 0.4) is 0 Å². The summed E-state index contributed by atoms with van der Waals surface area (Å²) in [5.74, 6) is -0.535. The molecule has 0 radical (unpaired) electrons. The number of amides is 2. The summed E-state index contributed by atoms with van der Waals surface area (Å²) in [4.78, 5) is 24.8. The molecular weight excluding hydrogens is 350 g/mol. The predicted molar refractivity (Wildman–Crippen MR) is 108 cm³/mol. The minimum absolute atomic E-state index is 0.219. The molecule has 0 saturated heterocycles. The Balaban J connectivity index is 1.59. The SMILES string of the molecule is N#Cc1ccc(NC(=O)c2cccc(C(=O)NCCc3ccccc3)c2)cc1. The predicted octanol–water partition coefficient (Wildman–Crippen LogP) is 3.78. The van der Waals surface area contributed by atoms with Crippen LogP contribution in [-0.4, -0.2) is 18.4 Å². The number of anilines is 1. The molecule has 3 aromatic rings. The number of carbonyl (C=O) groups excluding carboxylic acids is 2. The number of hydrogen-bond donors (Lipinski definition) is 2. The fourth-order valence-electron chi connectivity index (χ4n) is 2.70. The third kappa shape index (κ3) is 5.05. The second-order valence-electron chi connectivity index (χ2n) is 6.22. The van der Waals surface area contributed by atoms with Crippen LogP contribution in [0, 0.1) is 11.3 Å². The lowest BCUT2D eigenvalue weighted by molar-refractivity contribution is 0.0954. The average molecular weight is 369 g/mol. The van der Waals surface area contributed by atoms with E-state index in [1.807, 2.05) is 36.4 Å². The topological polar surface area (TPSA) is 82.0 Å². The van der Waals surface area contributed by atoms with Gasteiger partial charge in [0.25, 0.3) is 11.8 Å². The lowest BCUT2D eigenvalue weighted by Gasteiger charge is -2.08. The standard InChI is InChI=1S/C23H19N3O2/c24-16-18-9-11-21(12-10-18)26-23(28)20-8-4-7-19(15-20)22(27)25-14-13-17-5-2-1-3-6-17/h1-12,15H,13-14H2,(H,25,27)(H,26,28). The van der Waals surface area contributed by atoms with Gasteiger partial charge in [-0.25, -0.2) is 0 Å². The Morgan fingerprint density at radius 1 is 0.821 bits per heavy atom. The van der Waals surface area contributed by atoms with Crippen molar-refractivity contribution in [3.05, 3.63) is 101 Å². The van der Waals surface area contributed by atoms with Gasteiger partial charge >= 0.3 is 0 Å². The highest BCUT2D eigenvalue weighted by atomic mass is 16.2. The van der Waals surface area contributed by atoms with Crippen molar-refractivity contribution in [2.45, 2.75) is 6.42 Å². The number of carbonyl (C=O) groups is 2. The fourth-order valence-corrected chi connectivity index (χ4v) is 2.70. The minimum atomic E-state index is -0.316. The van der Waals surface area contributed by atoms with Crippen LogP contribution in [0.1, 0.15) is 31.8 Å². The molecule has 0 aliphatic rings. The van der Waals surface area contributed by atoms with Crippen LogP contribution in [0.25, 0.3) is 0 Å². The molecule has 0 heterocycles. The Labute approximate surface area is 163 Å². The molecule has 28 heavy (non-hydrogen) atoms. The van der Waals surface area contributed by atoms with Crippen molar-refractivity contribution in [1.82, 2.24) is 5.32 Å². The molecule has 0 aliphatic heterocycles. The van der Waals surface area contributed by atoms with Gasteiger partial charge in [0.1, 0.15) is 0 Å². The average Bonchev–Trinajstić information content (AvgIpc) is 2.75. The molecule has 0 aromatic heterocycles. The van der Waals surface area contributed by atoms with Crippen molar-refractivity contribution in [3.63, 3.8) is 0 Å². The van der Waals surface area contributed by atoms with E-state index in [4.69, 9.17) is 5.26 Å². The Kier molecular flexibility index (Phi) is 6.17. The first kappa shape index (κ1) is 18.9. The normalized spacial score (nSPS) is 9.96. The van der Waals surface area contributed by atoms with E-state index in [0.717, 1.165) is 12.0 Å². The van der Waals surface area contributed by atoms with Gasteiger partial charge in [0.05, 0.1) is 11.6 Å². The maximum atomic E-state index is 12.4. The van der Waals surface area contributed by atoms with Gasteiger partial charge in [0.15, 0.2) is 0 Å². The zero-order valence-electron chi connectivity index (χ0n) is 15.2. The van der Waals surface area contributed by atoms with E-state index in [0.29, 0.717) is 28.9 Å². The summed E-state index contributed by atoms with van der Waals surface area (Å²) in [5.41, 5.74) is 3.08. The molecule has 0 saturated carbocycles. The molecule has 0 bridgehead atoms. The Bertz CT molecular complexity index is 1010. The first-order chi connectivity index (χ1) is 13.7. The lowest BCUT2D eigenvalue weighted by Crippen LogP contribution is -2.26. The lowest BCUT2D eigenvalue weighted by atomic mass is 10.1. The fraction of sp³-hybridized carbons (Fsp3) is 0.0870. The van der Waals surface area contributed by atoms with Gasteiger partial charge in [-0.2, -0.15) is 5.26 Å². The van der Waals surface area contributed by atoms with Gasteiger partial charge in [-0.15, -0.1) is 0 Å². The quantitative estimate of drug-likeness (QED) is 0.694. The van der Waals surface area contributed by atoms with Gasteiger partial charge in [-0.1, -0.05) is 36.4 Å². The summed E-state index contributed by atoms with van der Waals surface area (Å²) < 4.78 is 0. The van der Waals surface area contributed by atoms with E-state index in [1.54, 1.807) is 48.5 Å². The molecule has 0 unspecified atom stereocenters. The van der Waals surface area contributed by atoms with Crippen LogP contribution in [0.2, 0.25) is 0 Å². The van der Waals surface area contributed by atoms with Crippen molar-refractivity contribution >= 4 is 17.5 Å². The summed E-state index contributed by atoms with van der Waals surface area (Å²) in [7, 11) is 0. The summed E-state index contributed by atoms with van der Waals surface area (Å²) in [5, 5.41) is 14.5. The molecule has 2 N–H and O–H groups in total. The van der Waals surface area contributed by atoms with Crippen molar-refractivity contribution in [2.75, 3.05) is 11.9 Å². The molecule has 3 rings (SSSR count). The number of nitrogens with one attached hydrogen (secondary N) is 2. The van der Waals surface area contributed by atoms with Crippen LogP contribution in [0.5, 0.6) is 0 Å². The maximum Gasteiger partial charge on any atom is 0.255 e. The van der Waals surface area contributed by atoms with E-state index in [-0.39, 0.29) is 11.8 Å². The highest BCUT2D eigenvalue weighted by Crippen LogP contribution is 2.12. The third-order valence-corrected chi connectivity index (χ3v) is 4.20. The zero-order chi connectivity index (χ0) is 19.8. The van der Waals surface area contributed by atoms with Crippen molar-refractivity contribution in [3.8, 4) is 6.07 Å². The summed E-state index contributed by atoms with van der Waals surface area (Å²) in [6, 6.07) is 25.1. The zero-order valence-corrected chi connectivity index (χ0v) is 15.2. The Morgan fingerprint density at radius 3 is 2.18 bits per heavy atom. The van der Waals surface area contributed by atoms with Gasteiger partial charge in [-0.3, -0.25) is 9.59 Å². The highest BCUT2D eigenvalue weighted by molar-refractivity contribution is 6.06. The van der Waals surface area contributed by atoms with Gasteiger partial charge in [-0.05, 0) is 54.4 Å². The summed E-state index contributed by atoms with van der Waals surface area (Å²) >= 11 is 0. The van der Waals surface area contributed by atoms with Crippen LogP contribution >= 0.6 is 0 Å². The molecular formula is C23H19N3O2. The van der Waals surface area contributed by atoms with E-state index >= 15 is 0 Å². The highest BCUT2D eigenvalue weighted by Gasteiger charge is 2.11. The summed E-state index contributed by atoms with van der Waals surface area (Å²) in [6.45, 7) is 0.518. The maximum absolute atomic E-state index is 12.4. The van der Waals surface area contributed by atoms with E-state index in [1.165, 1.54) is 0 Å². The number of benzene rings is 3. The minimum Gasteiger partial charge on any atom is -0.352 e. The molecule has 3 aromatic carbocycles. The first-order valence-electron chi connectivity index (χ1n) is 8.89. The third-order valence-electron chi connectivity index (χ3n) is 4.20. The van der Waals surface area contributed by atoms with Gasteiger partial charge < -0.3 is 10.6 Å². The van der Waals surface area contributed by atoms with Crippen LogP contribution in [0.15, 0.2) is 78.9 Å². The molecule has 0 atom stereocenters. The van der Waals surface area contributed by atoms with Crippen molar-refractivity contribution in [2.24, 2.45) is 0 Å². The number of nitrogens with zero attached hydrogens (tertiary/aromatic N) is 1. The van der Waals surface area contributed by atoms with Crippen molar-refractivity contribution in [1.29, 1.82) is 5.26 Å². The van der Waals surface area contributed by atoms with Crippen LogP contribution in [-0.2, 0) is 6.42 Å². The molecule has 5 heteroatoms. The Hall–Kier alpha value is -3.91. The second kappa shape index (κ2) is 9.15. The molecule has 2 amide bonds. The second-order valence-corrected chi connectivity index (χ2v) is 6.22. The van der Waals surface area contributed by atoms with Crippen LogP contribution < -0.4 is 10.6 Å². The van der Waals surface area contributed by atoms with Crippen molar-refractivity contribution < 1.29 is 9.59 Å². The smallest absolute Gasteiger partial charge is 0.255 e. The van der Waals surface area contributed by atoms with Gasteiger partial charge in [0.2, 0.25) is 0 Å². The van der Waals surface area contributed by atoms with E-state index in [9.17, 15) is 9.59 Å². The van der Waals surface area contributed by atoms with Gasteiger partial charge in [0, 0.05) is 23.4 Å². The number of hydrogen-bond acceptors (Lipinski definition) is 3. The van der Waals surface area contributed by atoms with E-state index < -0.39 is 0 Å². The molecule has 0 aliphatic carbocycles. The molecule has 138 valence electrons. The van der Waals surface area contributed by atoms with E-state index in [2.05, 4.69) is 10.6 Å². The van der Waals surface area contributed by atoms with Crippen LogP contribution in [0.4, 0.5) is 5.69 Å². The number of nitriles is 1.